The van der Waals surface area contributed by atoms with Crippen molar-refractivity contribution in [1.29, 1.82) is 0 Å². The highest BCUT2D eigenvalue weighted by Crippen LogP contribution is 2.26. The number of rotatable bonds is 2. The van der Waals surface area contributed by atoms with Gasteiger partial charge in [-0.2, -0.15) is 0 Å². The Morgan fingerprint density at radius 2 is 2.25 bits per heavy atom. The van der Waals surface area contributed by atoms with Crippen molar-refractivity contribution >= 4 is 28.9 Å². The number of hydrogen-bond donors (Lipinski definition) is 2. The van der Waals surface area contributed by atoms with Crippen LogP contribution in [0.5, 0.6) is 0 Å². The summed E-state index contributed by atoms with van der Waals surface area (Å²) in [4.78, 5) is 16.1. The summed E-state index contributed by atoms with van der Waals surface area (Å²) in [6.45, 7) is 0.971. The molecule has 0 unspecified atom stereocenters. The van der Waals surface area contributed by atoms with Crippen molar-refractivity contribution in [3.05, 3.63) is 52.8 Å². The van der Waals surface area contributed by atoms with E-state index >= 15 is 0 Å². The van der Waals surface area contributed by atoms with Crippen LogP contribution in [0, 0.1) is 0 Å². The number of carbonyl (C=O) groups is 1. The van der Waals surface area contributed by atoms with Crippen molar-refractivity contribution in [1.82, 2.24) is 4.98 Å². The maximum atomic E-state index is 12.1. The molecule has 0 aliphatic carbocycles. The zero-order valence-electron chi connectivity index (χ0n) is 10.8. The van der Waals surface area contributed by atoms with Crippen LogP contribution in [0.15, 0.2) is 36.5 Å². The number of nitrogens with one attached hydrogen (secondary N) is 2. The van der Waals surface area contributed by atoms with Gasteiger partial charge in [0.15, 0.2) is 0 Å². The molecule has 5 heteroatoms. The second-order valence-electron chi connectivity index (χ2n) is 4.70. The van der Waals surface area contributed by atoms with Crippen LogP contribution >= 0.6 is 11.6 Å². The molecule has 4 nitrogen and oxygen atoms in total. The smallest absolute Gasteiger partial charge is 0.258 e. The van der Waals surface area contributed by atoms with Crippen LogP contribution in [-0.4, -0.2) is 17.4 Å². The third kappa shape index (κ3) is 2.60. The van der Waals surface area contributed by atoms with Gasteiger partial charge in [-0.15, -0.1) is 0 Å². The maximum Gasteiger partial charge on any atom is 0.258 e. The molecule has 2 N–H and O–H groups in total. The average molecular weight is 288 g/mol. The average Bonchev–Trinajstić information content (AvgIpc) is 2.47. The molecular weight excluding hydrogens is 274 g/mol. The number of nitrogens with zero attached hydrogens (tertiary/aromatic N) is 1. The first-order chi connectivity index (χ1) is 9.74. The molecule has 1 aromatic heterocycles. The summed E-state index contributed by atoms with van der Waals surface area (Å²) in [6.07, 6.45) is 3.77. The fourth-order valence-electron chi connectivity index (χ4n) is 2.29. The van der Waals surface area contributed by atoms with Crippen molar-refractivity contribution in [3.63, 3.8) is 0 Å². The van der Waals surface area contributed by atoms with E-state index in [1.54, 1.807) is 18.3 Å². The lowest BCUT2D eigenvalue weighted by Gasteiger charge is -2.18. The summed E-state index contributed by atoms with van der Waals surface area (Å²) in [6, 6.07) is 9.25. The molecule has 3 rings (SSSR count). The Morgan fingerprint density at radius 1 is 1.35 bits per heavy atom. The molecule has 0 atom stereocenters. The number of anilines is 2. The van der Waals surface area contributed by atoms with Gasteiger partial charge in [0.05, 0.1) is 5.56 Å². The van der Waals surface area contributed by atoms with Crippen molar-refractivity contribution < 1.29 is 4.79 Å². The Labute approximate surface area is 122 Å². The molecular formula is C15H14ClN3O. The predicted molar refractivity (Wildman–Crippen MR) is 80.5 cm³/mol. The number of halogens is 1. The van der Waals surface area contributed by atoms with E-state index in [0.29, 0.717) is 5.56 Å². The standard InChI is InChI=1S/C15H14ClN3O/c16-14-12(4-2-8-18-14)15(20)19-11-6-5-10-3-1-7-17-13(10)9-11/h2,4-6,8-9,17H,1,3,7H2,(H,19,20). The van der Waals surface area contributed by atoms with Gasteiger partial charge in [-0.25, -0.2) is 4.98 Å². The molecule has 1 amide bonds. The van der Waals surface area contributed by atoms with Crippen LogP contribution in [0.2, 0.25) is 5.15 Å². The lowest BCUT2D eigenvalue weighted by atomic mass is 10.0. The van der Waals surface area contributed by atoms with Crippen molar-refractivity contribution in [2.75, 3.05) is 17.2 Å². The molecule has 0 spiro atoms. The third-order valence-corrected chi connectivity index (χ3v) is 3.61. The molecule has 0 saturated heterocycles. The third-order valence-electron chi connectivity index (χ3n) is 3.31. The van der Waals surface area contributed by atoms with Gasteiger partial charge >= 0.3 is 0 Å². The monoisotopic (exact) mass is 287 g/mol. The molecule has 1 aliphatic heterocycles. The number of aryl methyl sites for hydroxylation is 1. The van der Waals surface area contributed by atoms with Gasteiger partial charge in [-0.3, -0.25) is 4.79 Å². The minimum atomic E-state index is -0.251. The highest BCUT2D eigenvalue weighted by molar-refractivity contribution is 6.33. The summed E-state index contributed by atoms with van der Waals surface area (Å²) < 4.78 is 0. The lowest BCUT2D eigenvalue weighted by molar-refractivity contribution is 0.102. The van der Waals surface area contributed by atoms with Crippen LogP contribution in [-0.2, 0) is 6.42 Å². The highest BCUT2D eigenvalue weighted by Gasteiger charge is 2.13. The van der Waals surface area contributed by atoms with Crippen molar-refractivity contribution in [3.8, 4) is 0 Å². The number of aromatic nitrogens is 1. The van der Waals surface area contributed by atoms with Gasteiger partial charge in [-0.05, 0) is 42.7 Å². The molecule has 20 heavy (non-hydrogen) atoms. The first kappa shape index (κ1) is 12.9. The van der Waals surface area contributed by atoms with Gasteiger partial charge < -0.3 is 10.6 Å². The zero-order chi connectivity index (χ0) is 13.9. The van der Waals surface area contributed by atoms with Crippen molar-refractivity contribution in [2.45, 2.75) is 12.8 Å². The van der Waals surface area contributed by atoms with Crippen molar-refractivity contribution in [2.24, 2.45) is 0 Å². The molecule has 2 aromatic rings. The highest BCUT2D eigenvalue weighted by atomic mass is 35.5. The Morgan fingerprint density at radius 3 is 3.10 bits per heavy atom. The van der Waals surface area contributed by atoms with E-state index in [2.05, 4.69) is 15.6 Å². The number of carbonyl (C=O) groups excluding carboxylic acids is 1. The number of benzene rings is 1. The first-order valence-corrected chi connectivity index (χ1v) is 6.90. The number of amides is 1. The van der Waals surface area contributed by atoms with Crippen LogP contribution in [0.3, 0.4) is 0 Å². The number of pyridine rings is 1. The molecule has 1 aliphatic rings. The molecule has 102 valence electrons. The fourth-order valence-corrected chi connectivity index (χ4v) is 2.50. The zero-order valence-corrected chi connectivity index (χ0v) is 11.6. The molecule has 0 bridgehead atoms. The van der Waals surface area contributed by atoms with Crippen LogP contribution in [0.1, 0.15) is 22.3 Å². The minimum Gasteiger partial charge on any atom is -0.385 e. The Bertz CT molecular complexity index is 657. The quantitative estimate of drug-likeness (QED) is 0.833. The second-order valence-corrected chi connectivity index (χ2v) is 5.06. The van der Waals surface area contributed by atoms with E-state index in [1.165, 1.54) is 5.56 Å². The van der Waals surface area contributed by atoms with Gasteiger partial charge in [0.2, 0.25) is 0 Å². The molecule has 1 aromatic carbocycles. The van der Waals surface area contributed by atoms with E-state index in [4.69, 9.17) is 11.6 Å². The number of hydrogen-bond acceptors (Lipinski definition) is 3. The van der Waals surface area contributed by atoms with E-state index in [0.717, 1.165) is 30.8 Å². The van der Waals surface area contributed by atoms with E-state index in [1.807, 2.05) is 18.2 Å². The van der Waals surface area contributed by atoms with Gasteiger partial charge in [0.1, 0.15) is 5.15 Å². The summed E-state index contributed by atoms with van der Waals surface area (Å²) in [5, 5.41) is 6.39. The maximum absolute atomic E-state index is 12.1. The van der Waals surface area contributed by atoms with E-state index in [9.17, 15) is 4.79 Å². The summed E-state index contributed by atoms with van der Waals surface area (Å²) in [5.74, 6) is -0.251. The normalized spacial score (nSPS) is 13.2. The SMILES string of the molecule is O=C(Nc1ccc2c(c1)NCCC2)c1cccnc1Cl. The molecule has 2 heterocycles. The fraction of sp³-hybridized carbons (Fsp3) is 0.200. The van der Waals surface area contributed by atoms with Gasteiger partial charge in [0.25, 0.3) is 5.91 Å². The summed E-state index contributed by atoms with van der Waals surface area (Å²) >= 11 is 5.92. The van der Waals surface area contributed by atoms with Crippen LogP contribution in [0.25, 0.3) is 0 Å². The topological polar surface area (TPSA) is 54.0 Å². The molecule has 0 radical (unpaired) electrons. The van der Waals surface area contributed by atoms with Crippen LogP contribution in [0.4, 0.5) is 11.4 Å². The Balaban J connectivity index is 1.81. The largest absolute Gasteiger partial charge is 0.385 e. The Hall–Kier alpha value is -2.07. The van der Waals surface area contributed by atoms with Gasteiger partial charge in [0, 0.05) is 24.1 Å². The molecule has 0 saturated carbocycles. The van der Waals surface area contributed by atoms with E-state index < -0.39 is 0 Å². The second kappa shape index (κ2) is 5.51. The minimum absolute atomic E-state index is 0.209. The Kier molecular flexibility index (Phi) is 3.56. The molecule has 0 fully saturated rings. The summed E-state index contributed by atoms with van der Waals surface area (Å²) in [5.41, 5.74) is 3.50. The summed E-state index contributed by atoms with van der Waals surface area (Å²) in [7, 11) is 0. The van der Waals surface area contributed by atoms with Crippen LogP contribution < -0.4 is 10.6 Å². The van der Waals surface area contributed by atoms with E-state index in [-0.39, 0.29) is 11.1 Å². The first-order valence-electron chi connectivity index (χ1n) is 6.53. The predicted octanol–water partition coefficient (Wildman–Crippen LogP) is 3.35. The lowest BCUT2D eigenvalue weighted by Crippen LogP contribution is -2.15. The van der Waals surface area contributed by atoms with Gasteiger partial charge in [-0.1, -0.05) is 17.7 Å². The number of fused-ring (bicyclic) bond motifs is 1.